The number of carbonyl (C=O) groups is 1. The molecular formula is C35H36N2O4. The summed E-state index contributed by atoms with van der Waals surface area (Å²) in [6.45, 7) is 1.22. The second-order valence-electron chi connectivity index (χ2n) is 11.4. The van der Waals surface area contributed by atoms with E-state index in [0.717, 1.165) is 51.2 Å². The molecule has 3 aliphatic rings. The summed E-state index contributed by atoms with van der Waals surface area (Å²) in [5.74, 6) is 2.83. The molecule has 1 atom stereocenters. The predicted molar refractivity (Wildman–Crippen MR) is 161 cm³/mol. The van der Waals surface area contributed by atoms with Crippen LogP contribution in [0.1, 0.15) is 55.0 Å². The summed E-state index contributed by atoms with van der Waals surface area (Å²) in [6.07, 6.45) is 10.7. The maximum atomic E-state index is 13.6. The van der Waals surface area contributed by atoms with E-state index in [0.29, 0.717) is 24.8 Å². The van der Waals surface area contributed by atoms with E-state index in [9.17, 15) is 4.79 Å². The van der Waals surface area contributed by atoms with E-state index in [2.05, 4.69) is 47.0 Å². The van der Waals surface area contributed by atoms with Gasteiger partial charge in [0.2, 0.25) is 5.91 Å². The zero-order valence-electron chi connectivity index (χ0n) is 23.8. The van der Waals surface area contributed by atoms with Crippen molar-refractivity contribution in [1.82, 2.24) is 9.47 Å². The van der Waals surface area contributed by atoms with Crippen molar-refractivity contribution in [1.29, 1.82) is 0 Å². The van der Waals surface area contributed by atoms with Crippen molar-refractivity contribution in [2.24, 2.45) is 5.92 Å². The largest absolute Gasteiger partial charge is 0.493 e. The number of amides is 1. The third-order valence-electron chi connectivity index (χ3n) is 9.07. The molecule has 1 amide bonds. The van der Waals surface area contributed by atoms with Gasteiger partial charge in [0.15, 0.2) is 17.7 Å². The van der Waals surface area contributed by atoms with E-state index in [1.165, 1.54) is 37.7 Å². The number of nitrogens with zero attached hydrogens (tertiary/aromatic N) is 2. The Kier molecular flexibility index (Phi) is 6.69. The van der Waals surface area contributed by atoms with Crippen molar-refractivity contribution in [3.63, 3.8) is 0 Å². The first-order chi connectivity index (χ1) is 20.2. The van der Waals surface area contributed by atoms with Gasteiger partial charge in [-0.05, 0) is 66.8 Å². The highest BCUT2D eigenvalue weighted by Gasteiger charge is 2.35. The van der Waals surface area contributed by atoms with Crippen LogP contribution in [0.4, 0.5) is 0 Å². The Bertz CT molecular complexity index is 1650. The van der Waals surface area contributed by atoms with Gasteiger partial charge in [-0.15, -0.1) is 0 Å². The lowest BCUT2D eigenvalue weighted by molar-refractivity contribution is -0.126. The number of benzene rings is 3. The fourth-order valence-electron chi connectivity index (χ4n) is 7.00. The van der Waals surface area contributed by atoms with Crippen LogP contribution in [0.15, 0.2) is 66.7 Å². The molecule has 0 N–H and O–H groups in total. The molecule has 6 nitrogen and oxygen atoms in total. The molecule has 1 aromatic heterocycles. The quantitative estimate of drug-likeness (QED) is 0.244. The molecule has 2 aliphatic heterocycles. The molecule has 1 unspecified atom stereocenters. The number of para-hydroxylation sites is 2. The molecule has 0 radical (unpaired) electrons. The Balaban J connectivity index is 1.26. The van der Waals surface area contributed by atoms with Crippen LogP contribution in [0.2, 0.25) is 0 Å². The molecule has 1 fully saturated rings. The number of methoxy groups -OCH3 is 2. The Hall–Kier alpha value is -4.19. The number of hydrogen-bond acceptors (Lipinski definition) is 4. The second kappa shape index (κ2) is 10.7. The summed E-state index contributed by atoms with van der Waals surface area (Å²) in [7, 11) is 3.30. The number of rotatable bonds is 5. The summed E-state index contributed by atoms with van der Waals surface area (Å²) in [6, 6.07) is 20.9. The topological polar surface area (TPSA) is 52.9 Å². The minimum atomic E-state index is -0.0477. The third-order valence-corrected chi connectivity index (χ3v) is 9.07. The molecule has 210 valence electrons. The second-order valence-corrected chi connectivity index (χ2v) is 11.4. The van der Waals surface area contributed by atoms with Gasteiger partial charge in [-0.25, -0.2) is 0 Å². The van der Waals surface area contributed by atoms with Gasteiger partial charge in [-0.1, -0.05) is 49.6 Å². The van der Waals surface area contributed by atoms with Crippen molar-refractivity contribution in [2.45, 2.75) is 51.3 Å². The smallest absolute Gasteiger partial charge is 0.246 e. The first-order valence-electron chi connectivity index (χ1n) is 14.8. The predicted octanol–water partition coefficient (Wildman–Crippen LogP) is 7.39. The Morgan fingerprint density at radius 1 is 0.927 bits per heavy atom. The zero-order chi connectivity index (χ0) is 27.9. The SMILES string of the molecule is COc1cc2c(cc1OC)CN(C(=O)/C=C/c1c3n(c4ccccc14)C(C1CCCCC1)Oc1ccccc1-3)CC2. The van der Waals surface area contributed by atoms with Gasteiger partial charge in [0, 0.05) is 41.6 Å². The highest BCUT2D eigenvalue weighted by molar-refractivity contribution is 6.02. The fraction of sp³-hybridized carbons (Fsp3) is 0.343. The molecule has 7 rings (SSSR count). The lowest BCUT2D eigenvalue weighted by Gasteiger charge is -2.37. The van der Waals surface area contributed by atoms with Crippen molar-refractivity contribution in [2.75, 3.05) is 20.8 Å². The summed E-state index contributed by atoms with van der Waals surface area (Å²) in [5.41, 5.74) is 6.77. The van der Waals surface area contributed by atoms with E-state index in [1.54, 1.807) is 20.3 Å². The van der Waals surface area contributed by atoms with Crippen LogP contribution in [0.25, 0.3) is 28.2 Å². The Morgan fingerprint density at radius 3 is 2.46 bits per heavy atom. The van der Waals surface area contributed by atoms with Crippen LogP contribution in [-0.4, -0.2) is 36.1 Å². The number of carbonyl (C=O) groups excluding carboxylic acids is 1. The molecule has 0 spiro atoms. The normalized spacial score (nSPS) is 18.5. The molecule has 1 saturated carbocycles. The molecular weight excluding hydrogens is 512 g/mol. The average molecular weight is 549 g/mol. The third kappa shape index (κ3) is 4.46. The molecule has 41 heavy (non-hydrogen) atoms. The zero-order valence-corrected chi connectivity index (χ0v) is 23.8. The van der Waals surface area contributed by atoms with Crippen LogP contribution in [0.3, 0.4) is 0 Å². The average Bonchev–Trinajstić information content (AvgIpc) is 3.37. The van der Waals surface area contributed by atoms with Gasteiger partial charge < -0.3 is 23.7 Å². The van der Waals surface area contributed by atoms with Crippen LogP contribution < -0.4 is 14.2 Å². The van der Waals surface area contributed by atoms with Gasteiger partial charge in [0.05, 0.1) is 25.4 Å². The lowest BCUT2D eigenvalue weighted by Crippen LogP contribution is -2.34. The highest BCUT2D eigenvalue weighted by atomic mass is 16.5. The van der Waals surface area contributed by atoms with Crippen molar-refractivity contribution >= 4 is 22.9 Å². The van der Waals surface area contributed by atoms with Crippen molar-refractivity contribution in [3.05, 3.63) is 83.4 Å². The summed E-state index contributed by atoms with van der Waals surface area (Å²) in [4.78, 5) is 15.5. The number of fused-ring (bicyclic) bond motifs is 6. The maximum absolute atomic E-state index is 13.6. The fourth-order valence-corrected chi connectivity index (χ4v) is 7.00. The van der Waals surface area contributed by atoms with E-state index in [-0.39, 0.29) is 12.1 Å². The van der Waals surface area contributed by atoms with E-state index in [1.807, 2.05) is 29.2 Å². The standard InChI is InChI=1S/C35H36N2O4/c1-39-31-20-24-18-19-36(22-25(24)21-32(31)40-2)33(38)17-16-27-26-12-6-8-14-29(26)37-34(27)28-13-7-9-15-30(28)41-35(37)23-10-4-3-5-11-23/h6-9,12-17,20-21,23,35H,3-5,10-11,18-19,22H2,1-2H3/b17-16+. The highest BCUT2D eigenvalue weighted by Crippen LogP contribution is 2.49. The summed E-state index contributed by atoms with van der Waals surface area (Å²) < 4.78 is 20.2. The molecule has 3 heterocycles. The maximum Gasteiger partial charge on any atom is 0.246 e. The molecule has 4 aromatic rings. The van der Waals surface area contributed by atoms with Gasteiger partial charge in [0.1, 0.15) is 5.75 Å². The van der Waals surface area contributed by atoms with Crippen LogP contribution >= 0.6 is 0 Å². The number of hydrogen-bond donors (Lipinski definition) is 0. The minimum absolute atomic E-state index is 0.0126. The van der Waals surface area contributed by atoms with Crippen LogP contribution in [0.5, 0.6) is 17.2 Å². The first-order valence-corrected chi connectivity index (χ1v) is 14.8. The molecule has 3 aromatic carbocycles. The number of aromatic nitrogens is 1. The van der Waals surface area contributed by atoms with Crippen molar-refractivity contribution in [3.8, 4) is 28.5 Å². The van der Waals surface area contributed by atoms with Crippen LogP contribution in [0, 0.1) is 5.92 Å². The summed E-state index contributed by atoms with van der Waals surface area (Å²) >= 11 is 0. The monoisotopic (exact) mass is 548 g/mol. The first kappa shape index (κ1) is 25.8. The number of ether oxygens (including phenoxy) is 3. The lowest BCUT2D eigenvalue weighted by atomic mass is 9.87. The molecule has 1 aliphatic carbocycles. The van der Waals surface area contributed by atoms with Crippen molar-refractivity contribution < 1.29 is 19.0 Å². The van der Waals surface area contributed by atoms with Gasteiger partial charge in [-0.3, -0.25) is 4.79 Å². The Morgan fingerprint density at radius 2 is 1.66 bits per heavy atom. The molecule has 6 heteroatoms. The molecule has 0 saturated heterocycles. The van der Waals surface area contributed by atoms with E-state index < -0.39 is 0 Å². The summed E-state index contributed by atoms with van der Waals surface area (Å²) in [5, 5.41) is 1.15. The van der Waals surface area contributed by atoms with Gasteiger partial charge in [0.25, 0.3) is 0 Å². The molecule has 0 bridgehead atoms. The van der Waals surface area contributed by atoms with Gasteiger partial charge >= 0.3 is 0 Å². The van der Waals surface area contributed by atoms with Gasteiger partial charge in [-0.2, -0.15) is 0 Å². The van der Waals surface area contributed by atoms with Crippen LogP contribution in [-0.2, 0) is 17.8 Å². The van der Waals surface area contributed by atoms with E-state index >= 15 is 0 Å². The van der Waals surface area contributed by atoms with E-state index in [4.69, 9.17) is 14.2 Å². The minimum Gasteiger partial charge on any atom is -0.493 e. The Labute approximate surface area is 241 Å².